The summed E-state index contributed by atoms with van der Waals surface area (Å²) >= 11 is 0. The van der Waals surface area contributed by atoms with Crippen molar-refractivity contribution in [1.29, 1.82) is 0 Å². The van der Waals surface area contributed by atoms with Gasteiger partial charge in [0.2, 0.25) is 0 Å². The number of piperidine rings is 1. The van der Waals surface area contributed by atoms with Crippen molar-refractivity contribution in [3.8, 4) is 0 Å². The summed E-state index contributed by atoms with van der Waals surface area (Å²) < 4.78 is 0. The number of allylic oxidation sites excluding steroid dienone is 3. The molecule has 0 radical (unpaired) electrons. The van der Waals surface area contributed by atoms with Crippen LogP contribution in [-0.2, 0) is 0 Å². The van der Waals surface area contributed by atoms with E-state index in [4.69, 9.17) is 0 Å². The first-order chi connectivity index (χ1) is 6.77. The van der Waals surface area contributed by atoms with E-state index in [9.17, 15) is 0 Å². The van der Waals surface area contributed by atoms with Crippen molar-refractivity contribution in [2.24, 2.45) is 0 Å². The largest absolute Gasteiger partial charge is 0.300 e. The van der Waals surface area contributed by atoms with Crippen LogP contribution in [0.25, 0.3) is 0 Å². The van der Waals surface area contributed by atoms with Gasteiger partial charge in [0.25, 0.3) is 0 Å². The Labute approximate surface area is 87.5 Å². The summed E-state index contributed by atoms with van der Waals surface area (Å²) in [5, 5.41) is 0. The van der Waals surface area contributed by atoms with E-state index in [1.807, 2.05) is 0 Å². The summed E-state index contributed by atoms with van der Waals surface area (Å²) in [6, 6.07) is 0.744. The molecular formula is C13H21N. The summed E-state index contributed by atoms with van der Waals surface area (Å²) in [5.41, 5.74) is 3.20. The molecule has 1 saturated heterocycles. The van der Waals surface area contributed by atoms with Gasteiger partial charge < -0.3 is 0 Å². The maximum atomic E-state index is 2.53. The Morgan fingerprint density at radius 3 is 2.71 bits per heavy atom. The lowest BCUT2D eigenvalue weighted by molar-refractivity contribution is 0.209. The average molecular weight is 191 g/mol. The van der Waals surface area contributed by atoms with E-state index in [2.05, 4.69) is 31.0 Å². The first-order valence-electron chi connectivity index (χ1n) is 5.84. The Bertz CT molecular complexity index is 262. The van der Waals surface area contributed by atoms with Crippen molar-refractivity contribution in [3.05, 3.63) is 23.3 Å². The van der Waals surface area contributed by atoms with Gasteiger partial charge in [-0.05, 0) is 46.2 Å². The fourth-order valence-electron chi connectivity index (χ4n) is 2.58. The van der Waals surface area contributed by atoms with Crippen LogP contribution in [0.4, 0.5) is 0 Å². The lowest BCUT2D eigenvalue weighted by Gasteiger charge is -2.35. The molecule has 0 spiro atoms. The van der Waals surface area contributed by atoms with Crippen LogP contribution in [0.1, 0.15) is 39.0 Å². The molecule has 0 aromatic heterocycles. The number of likely N-dealkylation sites (N-methyl/N-ethyl adjacent to an activating group) is 1. The van der Waals surface area contributed by atoms with Crippen LogP contribution in [0.15, 0.2) is 23.3 Å². The monoisotopic (exact) mass is 191 g/mol. The third-order valence-corrected chi connectivity index (χ3v) is 3.59. The lowest BCUT2D eigenvalue weighted by atomic mass is 9.89. The molecule has 1 aliphatic heterocycles. The zero-order valence-corrected chi connectivity index (χ0v) is 9.42. The average Bonchev–Trinajstić information content (AvgIpc) is 2.20. The molecule has 2 aliphatic rings. The second-order valence-corrected chi connectivity index (χ2v) is 4.75. The van der Waals surface area contributed by atoms with Crippen LogP contribution in [0.5, 0.6) is 0 Å². The molecule has 14 heavy (non-hydrogen) atoms. The molecule has 0 bridgehead atoms. The summed E-state index contributed by atoms with van der Waals surface area (Å²) in [4.78, 5) is 2.53. The van der Waals surface area contributed by atoms with Crippen molar-refractivity contribution >= 4 is 0 Å². The van der Waals surface area contributed by atoms with Gasteiger partial charge in [0, 0.05) is 6.04 Å². The molecule has 0 aromatic carbocycles. The Hall–Kier alpha value is -0.560. The van der Waals surface area contributed by atoms with Crippen molar-refractivity contribution < 1.29 is 0 Å². The summed E-state index contributed by atoms with van der Waals surface area (Å²) in [6.45, 7) is 3.52. The van der Waals surface area contributed by atoms with Gasteiger partial charge in [-0.2, -0.15) is 0 Å². The van der Waals surface area contributed by atoms with E-state index in [0.717, 1.165) is 6.04 Å². The van der Waals surface area contributed by atoms with Crippen molar-refractivity contribution in [2.75, 3.05) is 13.6 Å². The second kappa shape index (κ2) is 4.31. The predicted octanol–water partition coefficient (Wildman–Crippen LogP) is 3.14. The molecular weight excluding hydrogens is 170 g/mol. The molecule has 2 rings (SSSR count). The highest BCUT2D eigenvalue weighted by Gasteiger charge is 2.22. The molecule has 1 heterocycles. The van der Waals surface area contributed by atoms with Gasteiger partial charge in [-0.25, -0.2) is 0 Å². The molecule has 78 valence electrons. The van der Waals surface area contributed by atoms with Crippen LogP contribution >= 0.6 is 0 Å². The highest BCUT2D eigenvalue weighted by Crippen LogP contribution is 2.28. The maximum Gasteiger partial charge on any atom is 0.0307 e. The van der Waals surface area contributed by atoms with Crippen LogP contribution in [0.3, 0.4) is 0 Å². The number of rotatable bonds is 1. The van der Waals surface area contributed by atoms with Crippen LogP contribution in [0.2, 0.25) is 0 Å². The van der Waals surface area contributed by atoms with Crippen LogP contribution in [0, 0.1) is 0 Å². The summed E-state index contributed by atoms with van der Waals surface area (Å²) in [6.07, 6.45) is 11.4. The molecule has 1 aliphatic carbocycles. The zero-order valence-electron chi connectivity index (χ0n) is 9.42. The molecule has 0 amide bonds. The number of likely N-dealkylation sites (tertiary alicyclic amines) is 1. The molecule has 1 atom stereocenters. The van der Waals surface area contributed by atoms with Crippen LogP contribution < -0.4 is 0 Å². The zero-order chi connectivity index (χ0) is 9.97. The Morgan fingerprint density at radius 1 is 1.21 bits per heavy atom. The molecule has 1 heteroatoms. The Kier molecular flexibility index (Phi) is 3.07. The highest BCUT2D eigenvalue weighted by molar-refractivity contribution is 5.26. The number of nitrogens with zero attached hydrogens (tertiary/aromatic N) is 1. The fraction of sp³-hybridized carbons (Fsp3) is 0.692. The van der Waals surface area contributed by atoms with Gasteiger partial charge in [0.1, 0.15) is 0 Å². The minimum Gasteiger partial charge on any atom is -0.300 e. The van der Waals surface area contributed by atoms with Crippen LogP contribution in [-0.4, -0.2) is 24.5 Å². The number of hydrogen-bond acceptors (Lipinski definition) is 1. The molecule has 0 aromatic rings. The van der Waals surface area contributed by atoms with E-state index in [0.29, 0.717) is 0 Å². The van der Waals surface area contributed by atoms with Crippen molar-refractivity contribution in [2.45, 2.75) is 45.1 Å². The summed E-state index contributed by atoms with van der Waals surface area (Å²) in [7, 11) is 2.27. The first kappa shape index (κ1) is 9.97. The van der Waals surface area contributed by atoms with Gasteiger partial charge in [-0.3, -0.25) is 4.90 Å². The van der Waals surface area contributed by atoms with E-state index in [-0.39, 0.29) is 0 Å². The molecule has 0 saturated carbocycles. The first-order valence-corrected chi connectivity index (χ1v) is 5.84. The van der Waals surface area contributed by atoms with E-state index in [1.165, 1.54) is 44.2 Å². The second-order valence-electron chi connectivity index (χ2n) is 4.75. The number of hydrogen-bond donors (Lipinski definition) is 0. The Balaban J connectivity index is 2.06. The van der Waals surface area contributed by atoms with Gasteiger partial charge in [-0.1, -0.05) is 29.7 Å². The summed E-state index contributed by atoms with van der Waals surface area (Å²) in [5.74, 6) is 0. The topological polar surface area (TPSA) is 3.24 Å². The third kappa shape index (κ3) is 2.09. The molecule has 0 N–H and O–H groups in total. The van der Waals surface area contributed by atoms with E-state index in [1.54, 1.807) is 5.57 Å². The smallest absolute Gasteiger partial charge is 0.0307 e. The van der Waals surface area contributed by atoms with Gasteiger partial charge in [0.15, 0.2) is 0 Å². The minimum atomic E-state index is 0.744. The molecule has 1 unspecified atom stereocenters. The van der Waals surface area contributed by atoms with E-state index < -0.39 is 0 Å². The maximum absolute atomic E-state index is 2.53. The van der Waals surface area contributed by atoms with E-state index >= 15 is 0 Å². The minimum absolute atomic E-state index is 0.744. The van der Waals surface area contributed by atoms with Crippen molar-refractivity contribution in [3.63, 3.8) is 0 Å². The predicted molar refractivity (Wildman–Crippen MR) is 61.3 cm³/mol. The normalized spacial score (nSPS) is 29.7. The fourth-order valence-corrected chi connectivity index (χ4v) is 2.58. The standard InChI is InChI=1S/C13H21N/c1-11-6-8-12(9-7-11)13-5-3-4-10-14(13)2/h6,8,13H,3-5,7,9-10H2,1-2H3. The van der Waals surface area contributed by atoms with Gasteiger partial charge in [-0.15, -0.1) is 0 Å². The molecule has 1 fully saturated rings. The quantitative estimate of drug-likeness (QED) is 0.615. The van der Waals surface area contributed by atoms with Gasteiger partial charge in [0.05, 0.1) is 0 Å². The molecule has 1 nitrogen and oxygen atoms in total. The van der Waals surface area contributed by atoms with Gasteiger partial charge >= 0.3 is 0 Å². The Morgan fingerprint density at radius 2 is 2.07 bits per heavy atom. The lowest BCUT2D eigenvalue weighted by Crippen LogP contribution is -2.37. The third-order valence-electron chi connectivity index (χ3n) is 3.59. The van der Waals surface area contributed by atoms with Crippen molar-refractivity contribution in [1.82, 2.24) is 4.90 Å². The highest BCUT2D eigenvalue weighted by atomic mass is 15.1. The SMILES string of the molecule is CC1=CC=C(C2CCCCN2C)CC1.